The number of rotatable bonds is 5. The van der Waals surface area contributed by atoms with Gasteiger partial charge in [0.2, 0.25) is 5.91 Å². The fraction of sp³-hybridized carbons (Fsp3) is 0.259. The average Bonchev–Trinajstić information content (AvgIpc) is 3.23. The predicted molar refractivity (Wildman–Crippen MR) is 130 cm³/mol. The summed E-state index contributed by atoms with van der Waals surface area (Å²) in [4.78, 5) is 29.6. The minimum absolute atomic E-state index is 0.00563. The summed E-state index contributed by atoms with van der Waals surface area (Å²) in [5, 5.41) is 0.00563. The van der Waals surface area contributed by atoms with Gasteiger partial charge in [0.15, 0.2) is 0 Å². The van der Waals surface area contributed by atoms with Gasteiger partial charge in [0, 0.05) is 24.3 Å². The number of hydrogen-bond donors (Lipinski definition) is 0. The molecule has 0 aliphatic carbocycles. The van der Waals surface area contributed by atoms with E-state index in [9.17, 15) is 9.59 Å². The Hall–Kier alpha value is -3.05. The molecule has 2 amide bonds. The molecule has 0 saturated carbocycles. The lowest BCUT2D eigenvalue weighted by atomic mass is 10.0. The van der Waals surface area contributed by atoms with Gasteiger partial charge in [-0.2, -0.15) is 0 Å². The number of fused-ring (bicyclic) bond motifs is 1. The van der Waals surface area contributed by atoms with Gasteiger partial charge in [0.1, 0.15) is 5.37 Å². The summed E-state index contributed by atoms with van der Waals surface area (Å²) in [6, 6.07) is 26.3. The number of aryl methyl sites for hydroxylation is 1. The molecule has 2 aliphatic heterocycles. The van der Waals surface area contributed by atoms with Gasteiger partial charge < -0.3 is 9.80 Å². The standard InChI is InChI=1S/C27H26N2O2S/c30-25-19-32-27(29(25)18-16-20-7-2-1-3-8-20)23-14-12-22(13-15-23)26(31)28-17-6-10-21-9-4-5-11-24(21)28/h1-5,7-9,11-15,27H,6,10,16-19H2. The molecule has 5 rings (SSSR count). The molecule has 4 nitrogen and oxygen atoms in total. The van der Waals surface area contributed by atoms with Gasteiger partial charge in [0.25, 0.3) is 5.91 Å². The molecule has 1 fully saturated rings. The summed E-state index contributed by atoms with van der Waals surface area (Å²) < 4.78 is 0. The van der Waals surface area contributed by atoms with E-state index in [1.165, 1.54) is 11.1 Å². The minimum atomic E-state index is 0.00563. The van der Waals surface area contributed by atoms with Crippen LogP contribution in [0.3, 0.4) is 0 Å². The molecule has 2 aliphatic rings. The third kappa shape index (κ3) is 4.17. The highest BCUT2D eigenvalue weighted by atomic mass is 32.2. The number of amides is 2. The maximum atomic E-state index is 13.2. The van der Waals surface area contributed by atoms with Crippen LogP contribution < -0.4 is 4.90 Å². The van der Waals surface area contributed by atoms with Gasteiger partial charge in [-0.05, 0) is 54.2 Å². The van der Waals surface area contributed by atoms with Crippen molar-refractivity contribution in [3.05, 3.63) is 101 Å². The van der Waals surface area contributed by atoms with Gasteiger partial charge in [-0.1, -0.05) is 60.7 Å². The maximum Gasteiger partial charge on any atom is 0.258 e. The lowest BCUT2D eigenvalue weighted by molar-refractivity contribution is -0.128. The number of carbonyl (C=O) groups excluding carboxylic acids is 2. The Morgan fingerprint density at radius 1 is 0.938 bits per heavy atom. The number of hydrogen-bond acceptors (Lipinski definition) is 3. The quantitative estimate of drug-likeness (QED) is 0.552. The second kappa shape index (κ2) is 9.21. The second-order valence-electron chi connectivity index (χ2n) is 8.30. The third-order valence-corrected chi connectivity index (χ3v) is 7.51. The lowest BCUT2D eigenvalue weighted by Crippen LogP contribution is -2.35. The van der Waals surface area contributed by atoms with Crippen LogP contribution in [0.5, 0.6) is 0 Å². The van der Waals surface area contributed by atoms with Crippen LogP contribution in [-0.4, -0.2) is 35.6 Å². The van der Waals surface area contributed by atoms with E-state index in [-0.39, 0.29) is 17.2 Å². The first-order valence-electron chi connectivity index (χ1n) is 11.2. The van der Waals surface area contributed by atoms with E-state index >= 15 is 0 Å². The van der Waals surface area contributed by atoms with Crippen LogP contribution in [0.25, 0.3) is 0 Å². The van der Waals surface area contributed by atoms with Gasteiger partial charge >= 0.3 is 0 Å². The topological polar surface area (TPSA) is 40.6 Å². The normalized spacial score (nSPS) is 18.0. The average molecular weight is 443 g/mol. The largest absolute Gasteiger partial charge is 0.326 e. The molecule has 0 aromatic heterocycles. The van der Waals surface area contributed by atoms with Crippen LogP contribution in [0.4, 0.5) is 5.69 Å². The molecule has 2 heterocycles. The first kappa shape index (κ1) is 20.8. The number of thioether (sulfide) groups is 1. The van der Waals surface area contributed by atoms with Crippen molar-refractivity contribution in [1.82, 2.24) is 4.90 Å². The number of carbonyl (C=O) groups is 2. The zero-order valence-corrected chi connectivity index (χ0v) is 18.8. The van der Waals surface area contributed by atoms with Crippen LogP contribution in [-0.2, 0) is 17.6 Å². The number of benzene rings is 3. The summed E-state index contributed by atoms with van der Waals surface area (Å²) >= 11 is 1.66. The van der Waals surface area contributed by atoms with Crippen LogP contribution in [0.1, 0.15) is 38.8 Å². The monoisotopic (exact) mass is 442 g/mol. The van der Waals surface area contributed by atoms with Crippen LogP contribution in [0, 0.1) is 0 Å². The zero-order valence-electron chi connectivity index (χ0n) is 17.9. The van der Waals surface area contributed by atoms with Gasteiger partial charge in [-0.3, -0.25) is 9.59 Å². The molecular formula is C27H26N2O2S. The molecule has 0 radical (unpaired) electrons. The molecule has 1 saturated heterocycles. The number of para-hydroxylation sites is 1. The molecule has 32 heavy (non-hydrogen) atoms. The van der Waals surface area contributed by atoms with Crippen LogP contribution in [0.2, 0.25) is 0 Å². The van der Waals surface area contributed by atoms with E-state index < -0.39 is 0 Å². The first-order valence-corrected chi connectivity index (χ1v) is 12.2. The molecule has 0 bridgehead atoms. The Kier molecular flexibility index (Phi) is 5.99. The fourth-order valence-corrected chi connectivity index (χ4v) is 5.78. The highest BCUT2D eigenvalue weighted by molar-refractivity contribution is 8.00. The molecule has 3 aromatic rings. The van der Waals surface area contributed by atoms with E-state index in [1.54, 1.807) is 11.8 Å². The maximum absolute atomic E-state index is 13.2. The Labute approximate surface area is 193 Å². The lowest BCUT2D eigenvalue weighted by Gasteiger charge is -2.29. The van der Waals surface area contributed by atoms with Crippen molar-refractivity contribution in [2.75, 3.05) is 23.7 Å². The fourth-order valence-electron chi connectivity index (χ4n) is 4.56. The summed E-state index contributed by atoms with van der Waals surface area (Å²) in [7, 11) is 0. The highest BCUT2D eigenvalue weighted by Crippen LogP contribution is 2.39. The molecule has 1 unspecified atom stereocenters. The van der Waals surface area contributed by atoms with Crippen LogP contribution >= 0.6 is 11.8 Å². The summed E-state index contributed by atoms with van der Waals surface area (Å²) in [6.45, 7) is 1.45. The van der Waals surface area contributed by atoms with Crippen molar-refractivity contribution in [2.24, 2.45) is 0 Å². The van der Waals surface area contributed by atoms with Gasteiger partial charge in [-0.15, -0.1) is 11.8 Å². The Balaban J connectivity index is 1.31. The van der Waals surface area contributed by atoms with Crippen molar-refractivity contribution in [2.45, 2.75) is 24.6 Å². The molecule has 3 aromatic carbocycles. The van der Waals surface area contributed by atoms with Crippen molar-refractivity contribution < 1.29 is 9.59 Å². The van der Waals surface area contributed by atoms with E-state index in [1.807, 2.05) is 70.5 Å². The molecule has 5 heteroatoms. The van der Waals surface area contributed by atoms with Gasteiger partial charge in [-0.25, -0.2) is 0 Å². The van der Waals surface area contributed by atoms with Gasteiger partial charge in [0.05, 0.1) is 5.75 Å². The minimum Gasteiger partial charge on any atom is -0.326 e. The molecule has 162 valence electrons. The smallest absolute Gasteiger partial charge is 0.258 e. The zero-order chi connectivity index (χ0) is 21.9. The number of anilines is 1. The SMILES string of the molecule is O=C(c1ccc(C2SCC(=O)N2CCc2ccccc2)cc1)N1CCCc2ccccc21. The summed E-state index contributed by atoms with van der Waals surface area (Å²) in [5.74, 6) is 0.728. The van der Waals surface area contributed by atoms with E-state index in [0.29, 0.717) is 17.9 Å². The van der Waals surface area contributed by atoms with Crippen molar-refractivity contribution in [1.29, 1.82) is 0 Å². The van der Waals surface area contributed by atoms with Crippen LogP contribution in [0.15, 0.2) is 78.9 Å². The third-order valence-electron chi connectivity index (χ3n) is 6.25. The first-order chi connectivity index (χ1) is 15.7. The second-order valence-corrected chi connectivity index (χ2v) is 9.37. The van der Waals surface area contributed by atoms with E-state index in [0.717, 1.165) is 37.1 Å². The number of nitrogens with zero attached hydrogens (tertiary/aromatic N) is 2. The molecule has 0 N–H and O–H groups in total. The van der Waals surface area contributed by atoms with E-state index in [2.05, 4.69) is 18.2 Å². The van der Waals surface area contributed by atoms with Crippen molar-refractivity contribution in [3.8, 4) is 0 Å². The summed E-state index contributed by atoms with van der Waals surface area (Å²) in [5.41, 5.74) is 5.26. The molecule has 1 atom stereocenters. The highest BCUT2D eigenvalue weighted by Gasteiger charge is 2.32. The van der Waals surface area contributed by atoms with E-state index in [4.69, 9.17) is 0 Å². The predicted octanol–water partition coefficient (Wildman–Crippen LogP) is 5.10. The Morgan fingerprint density at radius 2 is 1.69 bits per heavy atom. The summed E-state index contributed by atoms with van der Waals surface area (Å²) in [6.07, 6.45) is 2.84. The Morgan fingerprint density at radius 3 is 2.50 bits per heavy atom. The van der Waals surface area contributed by atoms with Crippen molar-refractivity contribution >= 4 is 29.3 Å². The molecule has 0 spiro atoms. The van der Waals surface area contributed by atoms with Crippen molar-refractivity contribution in [3.63, 3.8) is 0 Å². The Bertz CT molecular complexity index is 1110. The molecular weight excluding hydrogens is 416 g/mol.